The van der Waals surface area contributed by atoms with Gasteiger partial charge >= 0.3 is 0 Å². The molecule has 0 spiro atoms. The summed E-state index contributed by atoms with van der Waals surface area (Å²) in [5.41, 5.74) is 0.238. The molecule has 0 saturated carbocycles. The van der Waals surface area contributed by atoms with Crippen LogP contribution < -0.4 is 14.8 Å². The molecule has 1 aromatic heterocycles. The van der Waals surface area contributed by atoms with Crippen LogP contribution >= 0.6 is 23.2 Å². The molecule has 188 valence electrons. The van der Waals surface area contributed by atoms with Gasteiger partial charge in [-0.05, 0) is 24.3 Å². The molecule has 4 atom stereocenters. The third-order valence-corrected chi connectivity index (χ3v) is 6.08. The Hall–Kier alpha value is -3.29. The fourth-order valence-electron chi connectivity index (χ4n) is 3.78. The number of rotatable bonds is 7. The summed E-state index contributed by atoms with van der Waals surface area (Å²) in [6.45, 7) is 0.444. The number of nitro groups is 1. The van der Waals surface area contributed by atoms with Crippen LogP contribution in [0.2, 0.25) is 10.0 Å². The zero-order valence-corrected chi connectivity index (χ0v) is 19.6. The third kappa shape index (κ3) is 4.99. The Labute approximate surface area is 212 Å². The van der Waals surface area contributed by atoms with E-state index in [4.69, 9.17) is 42.1 Å². The predicted octanol–water partition coefficient (Wildman–Crippen LogP) is 4.27. The lowest BCUT2D eigenvalue weighted by Crippen LogP contribution is -2.34. The Morgan fingerprint density at radius 1 is 1.11 bits per heavy atom. The van der Waals surface area contributed by atoms with Crippen LogP contribution in [0.15, 0.2) is 42.6 Å². The maximum Gasteiger partial charge on any atom is 0.271 e. The molecule has 14 heteroatoms. The molecule has 2 aromatic carbocycles. The molecule has 3 heterocycles. The van der Waals surface area contributed by atoms with Gasteiger partial charge in [0, 0.05) is 17.8 Å². The van der Waals surface area contributed by atoms with E-state index in [-0.39, 0.29) is 46.7 Å². The van der Waals surface area contributed by atoms with Crippen LogP contribution in [0.1, 0.15) is 0 Å². The number of aliphatic hydroxyl groups excluding tert-OH is 1. The zero-order valence-electron chi connectivity index (χ0n) is 18.1. The lowest BCUT2D eigenvalue weighted by molar-refractivity contribution is -0.384. The average molecular weight is 539 g/mol. The summed E-state index contributed by atoms with van der Waals surface area (Å²) in [6, 6.07) is 8.33. The van der Waals surface area contributed by atoms with E-state index in [1.165, 1.54) is 12.1 Å². The van der Waals surface area contributed by atoms with Crippen molar-refractivity contribution in [2.24, 2.45) is 0 Å². The standard InChI is InChI=1S/C22H17Cl2FN4O7/c23-12-5-10(1-3-16(12)35-18-9-34-19-15(30)8-33-20(18)19)27-22-26-7-14(25)21(28-22)36-17-4-2-11(29(31)32)6-13(17)24/h1-7,15,18-20,30H,8-9H2,(H,26,27,28)/t15-,18-,19+,20+/m0/s1. The number of hydrogen-bond donors (Lipinski definition) is 2. The van der Waals surface area contributed by atoms with E-state index in [1.54, 1.807) is 18.2 Å². The number of halogens is 3. The van der Waals surface area contributed by atoms with Crippen LogP contribution in [0.3, 0.4) is 0 Å². The highest BCUT2D eigenvalue weighted by atomic mass is 35.5. The van der Waals surface area contributed by atoms with Crippen molar-refractivity contribution in [1.29, 1.82) is 0 Å². The summed E-state index contributed by atoms with van der Waals surface area (Å²) in [4.78, 5) is 18.1. The van der Waals surface area contributed by atoms with Gasteiger partial charge in [-0.2, -0.15) is 9.37 Å². The molecule has 2 aliphatic rings. The first-order chi connectivity index (χ1) is 17.3. The SMILES string of the molecule is O=[N+]([O-])c1ccc(Oc2nc(Nc3ccc(O[C@H]4CO[C@H]5[C@@H]4OC[C@@H]5O)c(Cl)c3)ncc2F)c(Cl)c1. The van der Waals surface area contributed by atoms with E-state index in [2.05, 4.69) is 15.3 Å². The number of anilines is 2. The number of nitrogens with zero attached hydrogens (tertiary/aromatic N) is 3. The second kappa shape index (κ2) is 9.99. The summed E-state index contributed by atoms with van der Waals surface area (Å²) in [7, 11) is 0. The molecule has 0 unspecified atom stereocenters. The summed E-state index contributed by atoms with van der Waals surface area (Å²) in [5, 5.41) is 23.8. The van der Waals surface area contributed by atoms with Crippen LogP contribution in [0.5, 0.6) is 17.4 Å². The normalized spacial score (nSPS) is 22.8. The number of nitrogens with one attached hydrogen (secondary N) is 1. The number of nitro benzene ring substituents is 1. The quantitative estimate of drug-likeness (QED) is 0.331. The second-order valence-electron chi connectivity index (χ2n) is 7.91. The van der Waals surface area contributed by atoms with Gasteiger partial charge in [0.15, 0.2) is 6.10 Å². The maximum absolute atomic E-state index is 14.3. The first-order valence-corrected chi connectivity index (χ1v) is 11.3. The summed E-state index contributed by atoms with van der Waals surface area (Å²) in [5.74, 6) is -0.947. The largest absolute Gasteiger partial charge is 0.484 e. The Morgan fingerprint density at radius 3 is 2.61 bits per heavy atom. The molecular formula is C22H17Cl2FN4O7. The first kappa shape index (κ1) is 24.4. The van der Waals surface area contributed by atoms with Crippen molar-refractivity contribution in [1.82, 2.24) is 9.97 Å². The van der Waals surface area contributed by atoms with Gasteiger partial charge in [-0.1, -0.05) is 23.2 Å². The number of ether oxygens (including phenoxy) is 4. The van der Waals surface area contributed by atoms with Gasteiger partial charge in [0.25, 0.3) is 11.6 Å². The molecule has 11 nitrogen and oxygen atoms in total. The Kier molecular flexibility index (Phi) is 6.77. The van der Waals surface area contributed by atoms with Crippen LogP contribution in [0, 0.1) is 15.9 Å². The maximum atomic E-state index is 14.3. The topological polar surface area (TPSA) is 138 Å². The van der Waals surface area contributed by atoms with Gasteiger partial charge in [0.2, 0.25) is 11.8 Å². The van der Waals surface area contributed by atoms with Crippen molar-refractivity contribution in [2.45, 2.75) is 24.4 Å². The van der Waals surface area contributed by atoms with Crippen LogP contribution in [0.25, 0.3) is 0 Å². The minimum Gasteiger partial charge on any atom is -0.484 e. The molecule has 2 aliphatic heterocycles. The monoisotopic (exact) mass is 538 g/mol. The van der Waals surface area contributed by atoms with Gasteiger partial charge in [-0.3, -0.25) is 10.1 Å². The van der Waals surface area contributed by atoms with E-state index >= 15 is 0 Å². The molecular weight excluding hydrogens is 522 g/mol. The molecule has 3 aromatic rings. The fraction of sp³-hybridized carbons (Fsp3) is 0.273. The van der Waals surface area contributed by atoms with E-state index in [1.807, 2.05) is 0 Å². The molecule has 0 aliphatic carbocycles. The molecule has 2 N–H and O–H groups in total. The van der Waals surface area contributed by atoms with E-state index in [9.17, 15) is 19.6 Å². The molecule has 5 rings (SSSR count). The highest BCUT2D eigenvalue weighted by Gasteiger charge is 2.48. The number of aliphatic hydroxyl groups is 1. The first-order valence-electron chi connectivity index (χ1n) is 10.6. The molecule has 2 saturated heterocycles. The van der Waals surface area contributed by atoms with Crippen molar-refractivity contribution in [3.63, 3.8) is 0 Å². The Bertz CT molecular complexity index is 1320. The molecule has 0 bridgehead atoms. The van der Waals surface area contributed by atoms with E-state index in [0.29, 0.717) is 11.4 Å². The number of hydrogen-bond acceptors (Lipinski definition) is 10. The highest BCUT2D eigenvalue weighted by Crippen LogP contribution is 2.35. The third-order valence-electron chi connectivity index (χ3n) is 5.49. The number of non-ortho nitro benzene ring substituents is 1. The van der Waals surface area contributed by atoms with E-state index in [0.717, 1.165) is 12.3 Å². The van der Waals surface area contributed by atoms with Gasteiger partial charge in [0.05, 0.1) is 34.4 Å². The van der Waals surface area contributed by atoms with Gasteiger partial charge in [0.1, 0.15) is 29.8 Å². The minimum absolute atomic E-state index is 0.00505. The molecule has 0 radical (unpaired) electrons. The van der Waals surface area contributed by atoms with Crippen molar-refractivity contribution >= 4 is 40.5 Å². The number of benzene rings is 2. The molecule has 2 fully saturated rings. The van der Waals surface area contributed by atoms with Crippen LogP contribution in [-0.2, 0) is 9.47 Å². The lowest BCUT2D eigenvalue weighted by atomic mass is 10.1. The summed E-state index contributed by atoms with van der Waals surface area (Å²) in [6.07, 6.45) is -1.02. The average Bonchev–Trinajstić information content (AvgIpc) is 3.42. The zero-order chi connectivity index (χ0) is 25.4. The van der Waals surface area contributed by atoms with Crippen molar-refractivity contribution in [3.05, 3.63) is 68.6 Å². The Balaban J connectivity index is 1.28. The molecule has 0 amide bonds. The van der Waals surface area contributed by atoms with Crippen LogP contribution in [0.4, 0.5) is 21.7 Å². The summed E-state index contributed by atoms with van der Waals surface area (Å²) >= 11 is 12.4. The van der Waals surface area contributed by atoms with Crippen LogP contribution in [-0.4, -0.2) is 57.6 Å². The van der Waals surface area contributed by atoms with Gasteiger partial charge in [-0.15, -0.1) is 0 Å². The summed E-state index contributed by atoms with van der Waals surface area (Å²) < 4.78 is 36.7. The predicted molar refractivity (Wildman–Crippen MR) is 125 cm³/mol. The van der Waals surface area contributed by atoms with Gasteiger partial charge in [-0.25, -0.2) is 4.98 Å². The minimum atomic E-state index is -0.868. The smallest absolute Gasteiger partial charge is 0.271 e. The van der Waals surface area contributed by atoms with Gasteiger partial charge < -0.3 is 29.4 Å². The van der Waals surface area contributed by atoms with E-state index < -0.39 is 34.9 Å². The highest BCUT2D eigenvalue weighted by molar-refractivity contribution is 6.32. The number of aromatic nitrogens is 2. The number of fused-ring (bicyclic) bond motifs is 1. The molecule has 36 heavy (non-hydrogen) atoms. The van der Waals surface area contributed by atoms with Crippen molar-refractivity contribution in [2.75, 3.05) is 18.5 Å². The Morgan fingerprint density at radius 2 is 1.86 bits per heavy atom. The lowest BCUT2D eigenvalue weighted by Gasteiger charge is -2.19. The van der Waals surface area contributed by atoms with Crippen molar-refractivity contribution in [3.8, 4) is 17.4 Å². The second-order valence-corrected chi connectivity index (χ2v) is 8.72. The van der Waals surface area contributed by atoms with Crippen molar-refractivity contribution < 1.29 is 33.4 Å². The fourth-order valence-corrected chi connectivity index (χ4v) is 4.22.